The Labute approximate surface area is 210 Å². The summed E-state index contributed by atoms with van der Waals surface area (Å²) in [5.74, 6) is 0. The number of benzene rings is 1. The fraction of sp³-hybridized carbons (Fsp3) is 0.357. The zero-order valence-corrected chi connectivity index (χ0v) is 22.1. The zero-order valence-electron chi connectivity index (χ0n) is 21.3. The second-order valence-electron chi connectivity index (χ2n) is 9.02. The highest BCUT2D eigenvalue weighted by molar-refractivity contribution is 7.92. The van der Waals surface area contributed by atoms with Crippen LogP contribution in [0.2, 0.25) is 0 Å². The van der Waals surface area contributed by atoms with Crippen molar-refractivity contribution in [2.75, 3.05) is 28.2 Å². The molecule has 6 nitrogen and oxygen atoms in total. The van der Waals surface area contributed by atoms with Gasteiger partial charge in [0.25, 0.3) is 0 Å². The molecule has 0 saturated carbocycles. The second kappa shape index (κ2) is 11.2. The van der Waals surface area contributed by atoms with E-state index < -0.39 is 26.2 Å². The van der Waals surface area contributed by atoms with Gasteiger partial charge in [0.1, 0.15) is 5.25 Å². The average molecular weight is 495 g/mol. The van der Waals surface area contributed by atoms with Gasteiger partial charge in [-0.3, -0.25) is 0 Å². The van der Waals surface area contributed by atoms with E-state index >= 15 is 0 Å². The van der Waals surface area contributed by atoms with E-state index in [4.69, 9.17) is 0 Å². The van der Waals surface area contributed by atoms with Crippen LogP contribution in [0.3, 0.4) is 0 Å². The summed E-state index contributed by atoms with van der Waals surface area (Å²) in [7, 11) is 3.90. The molecular formula is C28H38N4O2S. The van der Waals surface area contributed by atoms with Crippen molar-refractivity contribution in [2.45, 2.75) is 41.0 Å². The maximum atomic E-state index is 13.7. The molecule has 4 N–H and O–H groups in total. The van der Waals surface area contributed by atoms with Crippen LogP contribution in [-0.2, 0) is 9.84 Å². The molecule has 0 aromatic heterocycles. The van der Waals surface area contributed by atoms with E-state index in [1.165, 1.54) is 0 Å². The van der Waals surface area contributed by atoms with Gasteiger partial charge in [0.05, 0.1) is 16.0 Å². The third-order valence-electron chi connectivity index (χ3n) is 6.82. The number of aryl methyl sites for hydroxylation is 1. The maximum absolute atomic E-state index is 13.7. The lowest BCUT2D eigenvalue weighted by molar-refractivity contribution is 0.530. The van der Waals surface area contributed by atoms with Gasteiger partial charge in [-0.25, -0.2) is 8.42 Å². The lowest BCUT2D eigenvalue weighted by atomic mass is 9.88. The van der Waals surface area contributed by atoms with Gasteiger partial charge in [0.15, 0.2) is 9.84 Å². The molecule has 3 rings (SSSR count). The molecule has 0 spiro atoms. The van der Waals surface area contributed by atoms with Crippen LogP contribution in [0.15, 0.2) is 101 Å². The molecule has 1 aromatic carbocycles. The van der Waals surface area contributed by atoms with Gasteiger partial charge in [-0.15, -0.1) is 0 Å². The lowest BCUT2D eigenvalue weighted by Gasteiger charge is -2.30. The lowest BCUT2D eigenvalue weighted by Crippen LogP contribution is -2.41. The first kappa shape index (κ1) is 26.7. The Kier molecular flexibility index (Phi) is 8.59. The van der Waals surface area contributed by atoms with Gasteiger partial charge in [-0.1, -0.05) is 66.3 Å². The molecule has 0 amide bonds. The highest BCUT2D eigenvalue weighted by atomic mass is 32.2. The van der Waals surface area contributed by atoms with Gasteiger partial charge in [0, 0.05) is 25.5 Å². The molecule has 2 unspecified atom stereocenters. The van der Waals surface area contributed by atoms with E-state index in [9.17, 15) is 8.42 Å². The molecule has 0 heterocycles. The van der Waals surface area contributed by atoms with Crippen LogP contribution in [0.1, 0.15) is 18.4 Å². The van der Waals surface area contributed by atoms with Gasteiger partial charge in [-0.05, 0) is 58.1 Å². The van der Waals surface area contributed by atoms with E-state index in [2.05, 4.69) is 45.6 Å². The summed E-state index contributed by atoms with van der Waals surface area (Å²) in [4.78, 5) is 0.313. The Hall–Kier alpha value is -2.87. The predicted molar refractivity (Wildman–Crippen MR) is 146 cm³/mol. The fourth-order valence-electron chi connectivity index (χ4n) is 4.15. The summed E-state index contributed by atoms with van der Waals surface area (Å²) in [6.45, 7) is 1.95. The zero-order chi connectivity index (χ0) is 25.5. The Morgan fingerprint density at radius 3 is 1.60 bits per heavy atom. The SMILES string of the molecule is CNC1=CCC(C=CC(C=CC2(NC)C=CC(NC)=CC2)S(=O)(=O)c2ccc(C)cc2)(NC)C=C1. The third kappa shape index (κ3) is 6.23. The first-order valence-electron chi connectivity index (χ1n) is 11.9. The number of nitrogens with one attached hydrogen (secondary N) is 4. The van der Waals surface area contributed by atoms with E-state index in [-0.39, 0.29) is 0 Å². The van der Waals surface area contributed by atoms with Gasteiger partial charge in [0.2, 0.25) is 0 Å². The van der Waals surface area contributed by atoms with Crippen molar-refractivity contribution in [3.8, 4) is 0 Å². The highest BCUT2D eigenvalue weighted by Crippen LogP contribution is 2.27. The molecule has 188 valence electrons. The molecular weight excluding hydrogens is 456 g/mol. The Morgan fingerprint density at radius 1 is 0.800 bits per heavy atom. The summed E-state index contributed by atoms with van der Waals surface area (Å²) in [6, 6.07) is 7.05. The largest absolute Gasteiger partial charge is 0.388 e. The molecule has 0 saturated heterocycles. The summed E-state index contributed by atoms with van der Waals surface area (Å²) >= 11 is 0. The van der Waals surface area contributed by atoms with Gasteiger partial charge >= 0.3 is 0 Å². The standard InChI is InChI=1S/C28H38N4O2S/c1-22-6-8-25(9-7-22)35(33,34)26(14-20-27(31-4)16-10-23(29-2)11-17-27)15-21-28(32-5)18-12-24(30-3)13-19-28/h6-16,18,20-21,26,29-32H,17,19H2,1-5H3. The maximum Gasteiger partial charge on any atom is 0.188 e. The third-order valence-corrected chi connectivity index (χ3v) is 8.78. The topological polar surface area (TPSA) is 82.3 Å². The minimum atomic E-state index is -3.65. The molecule has 0 bridgehead atoms. The monoisotopic (exact) mass is 494 g/mol. The van der Waals surface area contributed by atoms with Crippen molar-refractivity contribution in [2.24, 2.45) is 0 Å². The number of rotatable bonds is 10. The quantitative estimate of drug-likeness (QED) is 0.374. The first-order valence-corrected chi connectivity index (χ1v) is 13.5. The molecule has 0 radical (unpaired) electrons. The highest BCUT2D eigenvalue weighted by Gasteiger charge is 2.29. The van der Waals surface area contributed by atoms with E-state index in [1.807, 2.05) is 71.6 Å². The molecule has 35 heavy (non-hydrogen) atoms. The normalized spacial score (nSPS) is 25.5. The number of hydrogen-bond acceptors (Lipinski definition) is 6. The fourth-order valence-corrected chi connectivity index (χ4v) is 5.55. The van der Waals surface area contributed by atoms with Crippen LogP contribution in [0.25, 0.3) is 0 Å². The van der Waals surface area contributed by atoms with Crippen LogP contribution in [0, 0.1) is 6.92 Å². The Bertz CT molecular complexity index is 1120. The van der Waals surface area contributed by atoms with Crippen LogP contribution in [-0.4, -0.2) is 52.9 Å². The molecule has 1 aromatic rings. The minimum Gasteiger partial charge on any atom is -0.388 e. The van der Waals surface area contributed by atoms with E-state index in [1.54, 1.807) is 24.3 Å². The van der Waals surface area contributed by atoms with Crippen molar-refractivity contribution < 1.29 is 8.42 Å². The molecule has 2 aliphatic carbocycles. The van der Waals surface area contributed by atoms with E-state index in [0.717, 1.165) is 17.0 Å². The number of sulfone groups is 1. The molecule has 0 aliphatic heterocycles. The van der Waals surface area contributed by atoms with Crippen molar-refractivity contribution >= 4 is 9.84 Å². The smallest absolute Gasteiger partial charge is 0.188 e. The molecule has 0 fully saturated rings. The minimum absolute atomic E-state index is 0.313. The first-order chi connectivity index (χ1) is 16.7. The Morgan fingerprint density at radius 2 is 1.26 bits per heavy atom. The molecule has 7 heteroatoms. The van der Waals surface area contributed by atoms with Crippen molar-refractivity contribution in [1.29, 1.82) is 0 Å². The average Bonchev–Trinajstić information content (AvgIpc) is 2.89. The summed E-state index contributed by atoms with van der Waals surface area (Å²) in [5, 5.41) is 12.2. The number of allylic oxidation sites excluding steroid dienone is 2. The predicted octanol–water partition coefficient (Wildman–Crippen LogP) is 3.29. The number of likely N-dealkylation sites (N-methyl/N-ethyl adjacent to an activating group) is 4. The Balaban J connectivity index is 1.99. The summed E-state index contributed by atoms with van der Waals surface area (Å²) < 4.78 is 27.5. The van der Waals surface area contributed by atoms with Crippen LogP contribution in [0.5, 0.6) is 0 Å². The number of hydrogen-bond donors (Lipinski definition) is 4. The summed E-state index contributed by atoms with van der Waals surface area (Å²) in [6.07, 6.45) is 21.3. The molecule has 2 atom stereocenters. The molecule has 2 aliphatic rings. The second-order valence-corrected chi connectivity index (χ2v) is 11.1. The van der Waals surface area contributed by atoms with Crippen LogP contribution < -0.4 is 21.3 Å². The van der Waals surface area contributed by atoms with Gasteiger partial charge in [-0.2, -0.15) is 0 Å². The van der Waals surface area contributed by atoms with Crippen molar-refractivity contribution in [3.63, 3.8) is 0 Å². The van der Waals surface area contributed by atoms with Crippen LogP contribution >= 0.6 is 0 Å². The van der Waals surface area contributed by atoms with E-state index in [0.29, 0.717) is 17.7 Å². The summed E-state index contributed by atoms with van der Waals surface area (Å²) in [5.41, 5.74) is 2.20. The van der Waals surface area contributed by atoms with Crippen LogP contribution in [0.4, 0.5) is 0 Å². The van der Waals surface area contributed by atoms with Crippen molar-refractivity contribution in [1.82, 2.24) is 21.3 Å². The van der Waals surface area contributed by atoms with Gasteiger partial charge < -0.3 is 21.3 Å². The van der Waals surface area contributed by atoms with Crippen molar-refractivity contribution in [3.05, 3.63) is 102 Å².